The van der Waals surface area contributed by atoms with Crippen LogP contribution in [0, 0.1) is 0 Å². The third-order valence-corrected chi connectivity index (χ3v) is 6.42. The first-order valence-corrected chi connectivity index (χ1v) is 12.4. The number of methoxy groups -OCH3 is 1. The molecule has 4 aromatic rings. The first-order valence-electron chi connectivity index (χ1n) is 12.4. The Morgan fingerprint density at radius 2 is 1.69 bits per heavy atom. The molecule has 3 aromatic carbocycles. The molecule has 0 saturated carbocycles. The van der Waals surface area contributed by atoms with Gasteiger partial charge in [-0.15, -0.1) is 0 Å². The number of hydrogen-bond acceptors (Lipinski definition) is 6. The Balaban J connectivity index is 1.24. The summed E-state index contributed by atoms with van der Waals surface area (Å²) >= 11 is 0. The van der Waals surface area contributed by atoms with Gasteiger partial charge in [0, 0.05) is 24.7 Å². The second kappa shape index (κ2) is 10.8. The molecule has 0 aliphatic carbocycles. The third kappa shape index (κ3) is 5.60. The Morgan fingerprint density at radius 1 is 0.943 bits per heavy atom. The highest BCUT2D eigenvalue weighted by Crippen LogP contribution is 2.33. The normalized spacial score (nSPS) is 14.8. The van der Waals surface area contributed by atoms with Crippen LogP contribution < -0.4 is 14.2 Å². The highest BCUT2D eigenvalue weighted by molar-refractivity contribution is 5.77. The molecular weight excluding hydrogens is 440 g/mol. The SMILES string of the molecule is CCCCN1CCC(Oc2ccc3nc(-c4ccc(Oc5ccccc5OC)cc4)oc3c2)CC1. The predicted molar refractivity (Wildman–Crippen MR) is 138 cm³/mol. The molecule has 1 saturated heterocycles. The quantitative estimate of drug-likeness (QED) is 0.263. The van der Waals surface area contributed by atoms with Crippen molar-refractivity contribution in [2.75, 3.05) is 26.7 Å². The van der Waals surface area contributed by atoms with Gasteiger partial charge in [0.1, 0.15) is 23.1 Å². The van der Waals surface area contributed by atoms with Crippen LogP contribution in [0.25, 0.3) is 22.6 Å². The standard InChI is InChI=1S/C29H32N2O4/c1-3-4-17-31-18-15-23(16-19-31)33-24-13-14-25-28(20-24)35-29(30-25)21-9-11-22(12-10-21)34-27-8-6-5-7-26(27)32-2/h5-14,20,23H,3-4,15-19H2,1-2H3. The molecule has 1 fully saturated rings. The maximum absolute atomic E-state index is 6.28. The lowest BCUT2D eigenvalue weighted by molar-refractivity contribution is 0.0999. The van der Waals surface area contributed by atoms with Gasteiger partial charge in [0.2, 0.25) is 5.89 Å². The van der Waals surface area contributed by atoms with E-state index in [1.807, 2.05) is 66.7 Å². The lowest BCUT2D eigenvalue weighted by Gasteiger charge is -2.32. The number of aromatic nitrogens is 1. The fourth-order valence-corrected chi connectivity index (χ4v) is 4.42. The average molecular weight is 473 g/mol. The molecule has 2 heterocycles. The van der Waals surface area contributed by atoms with E-state index in [0.29, 0.717) is 23.1 Å². The Hall–Kier alpha value is -3.51. The van der Waals surface area contributed by atoms with Crippen LogP contribution in [0.3, 0.4) is 0 Å². The van der Waals surface area contributed by atoms with Crippen LogP contribution in [0.5, 0.6) is 23.0 Å². The maximum atomic E-state index is 6.28. The Kier molecular flexibility index (Phi) is 7.19. The minimum Gasteiger partial charge on any atom is -0.493 e. The molecule has 182 valence electrons. The maximum Gasteiger partial charge on any atom is 0.227 e. The molecule has 0 N–H and O–H groups in total. The lowest BCUT2D eigenvalue weighted by Crippen LogP contribution is -2.38. The average Bonchev–Trinajstić information content (AvgIpc) is 3.32. The zero-order valence-corrected chi connectivity index (χ0v) is 20.4. The van der Waals surface area contributed by atoms with Gasteiger partial charge in [0.05, 0.1) is 7.11 Å². The smallest absolute Gasteiger partial charge is 0.227 e. The number of likely N-dealkylation sites (tertiary alicyclic amines) is 1. The van der Waals surface area contributed by atoms with E-state index in [9.17, 15) is 0 Å². The van der Waals surface area contributed by atoms with Gasteiger partial charge >= 0.3 is 0 Å². The predicted octanol–water partition coefficient (Wildman–Crippen LogP) is 6.94. The largest absolute Gasteiger partial charge is 0.493 e. The number of ether oxygens (including phenoxy) is 3. The molecule has 0 radical (unpaired) electrons. The summed E-state index contributed by atoms with van der Waals surface area (Å²) in [5.41, 5.74) is 2.43. The molecular formula is C29H32N2O4. The van der Waals surface area contributed by atoms with E-state index in [2.05, 4.69) is 16.8 Å². The molecule has 0 unspecified atom stereocenters. The summed E-state index contributed by atoms with van der Waals surface area (Å²) in [6, 6.07) is 21.2. The highest BCUT2D eigenvalue weighted by atomic mass is 16.5. The number of hydrogen-bond donors (Lipinski definition) is 0. The second-order valence-electron chi connectivity index (χ2n) is 8.94. The topological polar surface area (TPSA) is 57.0 Å². The minimum absolute atomic E-state index is 0.253. The lowest BCUT2D eigenvalue weighted by atomic mass is 10.1. The van der Waals surface area contributed by atoms with Crippen LogP contribution in [-0.2, 0) is 0 Å². The van der Waals surface area contributed by atoms with Crippen molar-refractivity contribution in [3.63, 3.8) is 0 Å². The van der Waals surface area contributed by atoms with E-state index in [-0.39, 0.29) is 6.10 Å². The molecule has 0 atom stereocenters. The number of nitrogens with zero attached hydrogens (tertiary/aromatic N) is 2. The van der Waals surface area contributed by atoms with Gasteiger partial charge in [-0.25, -0.2) is 4.98 Å². The monoisotopic (exact) mass is 472 g/mol. The molecule has 0 bridgehead atoms. The van der Waals surface area contributed by atoms with E-state index in [4.69, 9.17) is 18.6 Å². The van der Waals surface area contributed by atoms with Crippen LogP contribution in [0.1, 0.15) is 32.6 Å². The molecule has 1 aliphatic heterocycles. The van der Waals surface area contributed by atoms with Crippen molar-refractivity contribution < 1.29 is 18.6 Å². The molecule has 0 spiro atoms. The first-order chi connectivity index (χ1) is 17.2. The number of piperidine rings is 1. The Morgan fingerprint density at radius 3 is 2.43 bits per heavy atom. The van der Waals surface area contributed by atoms with E-state index in [1.165, 1.54) is 19.4 Å². The van der Waals surface area contributed by atoms with Crippen LogP contribution in [0.4, 0.5) is 0 Å². The van der Waals surface area contributed by atoms with Crippen LogP contribution in [-0.4, -0.2) is 42.7 Å². The number of rotatable bonds is 9. The van der Waals surface area contributed by atoms with Crippen LogP contribution in [0.2, 0.25) is 0 Å². The van der Waals surface area contributed by atoms with Crippen molar-refractivity contribution in [3.05, 3.63) is 66.7 Å². The molecule has 0 amide bonds. The number of unbranched alkanes of at least 4 members (excludes halogenated alkanes) is 1. The number of para-hydroxylation sites is 2. The first kappa shape index (κ1) is 23.2. The summed E-state index contributed by atoms with van der Waals surface area (Å²) in [5, 5.41) is 0. The Labute approximate surface area is 206 Å². The fourth-order valence-electron chi connectivity index (χ4n) is 4.42. The zero-order valence-electron chi connectivity index (χ0n) is 20.4. The van der Waals surface area contributed by atoms with Crippen molar-refractivity contribution in [1.82, 2.24) is 9.88 Å². The Bertz CT molecular complexity index is 1240. The van der Waals surface area contributed by atoms with Crippen molar-refractivity contribution in [3.8, 4) is 34.5 Å². The summed E-state index contributed by atoms with van der Waals surface area (Å²) in [4.78, 5) is 7.20. The van der Waals surface area contributed by atoms with Gasteiger partial charge in [-0.3, -0.25) is 0 Å². The highest BCUT2D eigenvalue weighted by Gasteiger charge is 2.20. The van der Waals surface area contributed by atoms with E-state index < -0.39 is 0 Å². The summed E-state index contributed by atoms with van der Waals surface area (Å²) in [5.74, 6) is 3.49. The van der Waals surface area contributed by atoms with Crippen molar-refractivity contribution in [2.45, 2.75) is 38.7 Å². The van der Waals surface area contributed by atoms with Crippen molar-refractivity contribution in [1.29, 1.82) is 0 Å². The zero-order chi connectivity index (χ0) is 24.0. The minimum atomic E-state index is 0.253. The molecule has 35 heavy (non-hydrogen) atoms. The number of oxazole rings is 1. The van der Waals surface area contributed by atoms with Gasteiger partial charge in [0.25, 0.3) is 0 Å². The number of benzene rings is 3. The van der Waals surface area contributed by atoms with Gasteiger partial charge < -0.3 is 23.5 Å². The summed E-state index contributed by atoms with van der Waals surface area (Å²) in [6.45, 7) is 5.66. The summed E-state index contributed by atoms with van der Waals surface area (Å²) in [6.07, 6.45) is 4.90. The van der Waals surface area contributed by atoms with Gasteiger partial charge in [-0.05, 0) is 74.3 Å². The number of fused-ring (bicyclic) bond motifs is 1. The molecule has 5 rings (SSSR count). The second-order valence-corrected chi connectivity index (χ2v) is 8.94. The third-order valence-electron chi connectivity index (χ3n) is 6.42. The van der Waals surface area contributed by atoms with E-state index in [1.54, 1.807) is 7.11 Å². The molecule has 1 aliphatic rings. The van der Waals surface area contributed by atoms with E-state index >= 15 is 0 Å². The van der Waals surface area contributed by atoms with Gasteiger partial charge in [-0.2, -0.15) is 0 Å². The van der Waals surface area contributed by atoms with Gasteiger partial charge in [0.15, 0.2) is 17.1 Å². The molecule has 6 nitrogen and oxygen atoms in total. The van der Waals surface area contributed by atoms with Crippen molar-refractivity contribution in [2.24, 2.45) is 0 Å². The van der Waals surface area contributed by atoms with Gasteiger partial charge in [-0.1, -0.05) is 25.5 Å². The van der Waals surface area contributed by atoms with E-state index in [0.717, 1.165) is 48.3 Å². The summed E-state index contributed by atoms with van der Waals surface area (Å²) < 4.78 is 23.7. The molecule has 1 aromatic heterocycles. The fraction of sp³-hybridized carbons (Fsp3) is 0.345. The van der Waals surface area contributed by atoms with Crippen LogP contribution in [0.15, 0.2) is 71.1 Å². The van der Waals surface area contributed by atoms with Crippen LogP contribution >= 0.6 is 0 Å². The molecule has 6 heteroatoms. The summed E-state index contributed by atoms with van der Waals surface area (Å²) in [7, 11) is 1.63. The van der Waals surface area contributed by atoms with Crippen molar-refractivity contribution >= 4 is 11.1 Å².